The van der Waals surface area contributed by atoms with Crippen molar-refractivity contribution < 1.29 is 18.3 Å². The fourth-order valence-electron chi connectivity index (χ4n) is 4.46. The Morgan fingerprint density at radius 1 is 1.25 bits per heavy atom. The van der Waals surface area contributed by atoms with Crippen LogP contribution in [0.2, 0.25) is 5.02 Å². The lowest BCUT2D eigenvalue weighted by Gasteiger charge is -2.43. The molecule has 2 N–H and O–H groups in total. The lowest BCUT2D eigenvalue weighted by molar-refractivity contribution is -0.137. The molecule has 0 bridgehead atoms. The minimum absolute atomic E-state index is 0.102. The van der Waals surface area contributed by atoms with Crippen molar-refractivity contribution in [2.75, 3.05) is 37.4 Å². The van der Waals surface area contributed by atoms with E-state index in [4.69, 9.17) is 11.6 Å². The number of aromatic amines is 1. The maximum absolute atomic E-state index is 14.1. The first-order valence-electron chi connectivity index (χ1n) is 11.5. The summed E-state index contributed by atoms with van der Waals surface area (Å²) in [7, 11) is 1.99. The van der Waals surface area contributed by atoms with Crippen LogP contribution in [-0.4, -0.2) is 69.5 Å². The largest absolute Gasteiger partial charge is 0.417 e. The first-order chi connectivity index (χ1) is 17.0. The molecule has 2 aromatic heterocycles. The van der Waals surface area contributed by atoms with Crippen LogP contribution in [0, 0.1) is 0 Å². The van der Waals surface area contributed by atoms with Crippen molar-refractivity contribution in [3.05, 3.63) is 57.2 Å². The molecule has 3 atom stereocenters. The first-order valence-corrected chi connectivity index (χ1v) is 12.8. The van der Waals surface area contributed by atoms with Crippen LogP contribution in [0.25, 0.3) is 10.9 Å². The van der Waals surface area contributed by atoms with Crippen LogP contribution < -0.4 is 10.6 Å². The number of alkyl halides is 3. The molecule has 194 valence electrons. The van der Waals surface area contributed by atoms with Gasteiger partial charge in [-0.1, -0.05) is 11.6 Å². The van der Waals surface area contributed by atoms with Crippen molar-refractivity contribution in [2.45, 2.75) is 42.9 Å². The summed E-state index contributed by atoms with van der Waals surface area (Å²) in [6, 6.07) is 4.68. The number of H-pyrrole nitrogens is 1. The minimum Gasteiger partial charge on any atom is -0.396 e. The van der Waals surface area contributed by atoms with Gasteiger partial charge in [0.05, 0.1) is 27.6 Å². The number of aromatic nitrogens is 3. The molecule has 1 fully saturated rings. The number of thioether (sulfide) groups is 1. The van der Waals surface area contributed by atoms with Crippen LogP contribution in [0.4, 0.5) is 19.0 Å². The summed E-state index contributed by atoms with van der Waals surface area (Å²) >= 11 is 7.39. The highest BCUT2D eigenvalue weighted by Crippen LogP contribution is 2.45. The zero-order chi connectivity index (χ0) is 26.2. The maximum atomic E-state index is 14.1. The molecule has 1 saturated heterocycles. The molecule has 0 amide bonds. The van der Waals surface area contributed by atoms with E-state index in [1.54, 1.807) is 24.5 Å². The predicted octanol–water partition coefficient (Wildman–Crippen LogP) is 4.39. The van der Waals surface area contributed by atoms with Crippen molar-refractivity contribution in [1.29, 1.82) is 0 Å². The third kappa shape index (κ3) is 5.34. The van der Waals surface area contributed by atoms with Gasteiger partial charge >= 0.3 is 11.9 Å². The fourth-order valence-corrected chi connectivity index (χ4v) is 6.09. The average molecular weight is 542 g/mol. The van der Waals surface area contributed by atoms with Gasteiger partial charge in [-0.05, 0) is 44.7 Å². The van der Waals surface area contributed by atoms with Crippen LogP contribution in [-0.2, 0) is 6.18 Å². The van der Waals surface area contributed by atoms with Gasteiger partial charge in [-0.15, -0.1) is 11.8 Å². The Balaban J connectivity index is 1.85. The van der Waals surface area contributed by atoms with Crippen molar-refractivity contribution in [3.8, 4) is 0 Å². The number of aliphatic hydroxyl groups excluding tert-OH is 1. The molecule has 1 unspecified atom stereocenters. The minimum atomic E-state index is -4.71. The molecule has 0 aliphatic carbocycles. The van der Waals surface area contributed by atoms with Gasteiger partial charge in [-0.3, -0.25) is 9.88 Å². The number of nitrogens with zero attached hydrogens (tertiary/aromatic N) is 4. The highest BCUT2D eigenvalue weighted by atomic mass is 35.5. The second kappa shape index (κ2) is 10.6. The Hall–Kier alpha value is -2.34. The van der Waals surface area contributed by atoms with Gasteiger partial charge in [0.25, 0.3) is 0 Å². The molecule has 3 heterocycles. The lowest BCUT2D eigenvalue weighted by atomic mass is 10.0. The number of piperazine rings is 1. The molecule has 1 aliphatic rings. The predicted molar refractivity (Wildman–Crippen MR) is 136 cm³/mol. The Kier molecular flexibility index (Phi) is 7.84. The van der Waals surface area contributed by atoms with E-state index >= 15 is 0 Å². The summed E-state index contributed by atoms with van der Waals surface area (Å²) < 4.78 is 42.2. The van der Waals surface area contributed by atoms with Gasteiger partial charge in [0.15, 0.2) is 0 Å². The number of halogens is 4. The molecular weight excluding hydrogens is 515 g/mol. The van der Waals surface area contributed by atoms with E-state index in [1.165, 1.54) is 0 Å². The van der Waals surface area contributed by atoms with Crippen molar-refractivity contribution in [2.24, 2.45) is 0 Å². The number of fused-ring (bicyclic) bond motifs is 1. The standard InChI is InChI=1S/C24H27ClF3N5O2S/c1-13-9-33(10-14(2)32(13)3)22-17-8-18(24(26,27)28)19(25)21(20(17)30-23(35)31-22)36-12-16(11-34)15-4-6-29-7-5-15/h4-8,13-14,16,34H,9-12H2,1-3H3,(H,30,31,35)/t13-,14+,16?. The van der Waals surface area contributed by atoms with E-state index in [0.29, 0.717) is 13.1 Å². The lowest BCUT2D eigenvalue weighted by Crippen LogP contribution is -2.55. The van der Waals surface area contributed by atoms with Gasteiger partial charge in [0.2, 0.25) is 0 Å². The Bertz CT molecular complexity index is 1280. The molecule has 3 aromatic rings. The highest BCUT2D eigenvalue weighted by Gasteiger charge is 2.37. The number of hydrogen-bond donors (Lipinski definition) is 2. The van der Waals surface area contributed by atoms with Crippen LogP contribution in [0.15, 0.2) is 40.3 Å². The van der Waals surface area contributed by atoms with E-state index in [-0.39, 0.29) is 52.0 Å². The molecule has 1 aliphatic heterocycles. The van der Waals surface area contributed by atoms with Crippen LogP contribution in [0.3, 0.4) is 0 Å². The number of aliphatic hydroxyl groups is 1. The second-order valence-electron chi connectivity index (χ2n) is 9.09. The summed E-state index contributed by atoms with van der Waals surface area (Å²) in [5.41, 5.74) is -0.654. The van der Waals surface area contributed by atoms with Crippen LogP contribution in [0.1, 0.15) is 30.9 Å². The van der Waals surface area contributed by atoms with Crippen molar-refractivity contribution >= 4 is 40.1 Å². The van der Waals surface area contributed by atoms with Crippen molar-refractivity contribution in [1.82, 2.24) is 19.9 Å². The van der Waals surface area contributed by atoms with Gasteiger partial charge in [0.1, 0.15) is 5.82 Å². The van der Waals surface area contributed by atoms with Gasteiger partial charge in [-0.25, -0.2) is 4.79 Å². The maximum Gasteiger partial charge on any atom is 0.417 e. The zero-order valence-corrected chi connectivity index (χ0v) is 21.6. The van der Waals surface area contributed by atoms with E-state index in [0.717, 1.165) is 23.4 Å². The van der Waals surface area contributed by atoms with E-state index in [9.17, 15) is 23.1 Å². The van der Waals surface area contributed by atoms with E-state index in [1.807, 2.05) is 25.8 Å². The van der Waals surface area contributed by atoms with Crippen molar-refractivity contribution in [3.63, 3.8) is 0 Å². The number of rotatable bonds is 6. The molecule has 0 radical (unpaired) electrons. The number of likely N-dealkylation sites (N-methyl/N-ethyl adjacent to an activating group) is 1. The smallest absolute Gasteiger partial charge is 0.396 e. The molecule has 0 spiro atoms. The Morgan fingerprint density at radius 3 is 2.47 bits per heavy atom. The number of pyridine rings is 1. The second-order valence-corrected chi connectivity index (χ2v) is 10.5. The van der Waals surface area contributed by atoms with Crippen LogP contribution in [0.5, 0.6) is 0 Å². The molecule has 4 rings (SSSR count). The molecule has 1 aromatic carbocycles. The molecule has 12 heteroatoms. The normalized spacial score (nSPS) is 20.2. The molecule has 36 heavy (non-hydrogen) atoms. The molecule has 7 nitrogen and oxygen atoms in total. The monoisotopic (exact) mass is 541 g/mol. The number of benzene rings is 1. The van der Waals surface area contributed by atoms with Crippen LogP contribution >= 0.6 is 23.4 Å². The number of anilines is 1. The highest BCUT2D eigenvalue weighted by molar-refractivity contribution is 7.99. The van der Waals surface area contributed by atoms with Gasteiger partial charge in [0, 0.05) is 54.6 Å². The Morgan fingerprint density at radius 2 is 1.89 bits per heavy atom. The summed E-state index contributed by atoms with van der Waals surface area (Å²) in [5, 5.41) is 9.62. The first kappa shape index (κ1) is 26.7. The average Bonchev–Trinajstić information content (AvgIpc) is 2.83. The van der Waals surface area contributed by atoms with E-state index < -0.39 is 22.5 Å². The van der Waals surface area contributed by atoms with Gasteiger partial charge in [-0.2, -0.15) is 18.2 Å². The summed E-state index contributed by atoms with van der Waals surface area (Å²) in [6.45, 7) is 4.84. The third-order valence-electron chi connectivity index (χ3n) is 6.69. The number of nitrogens with one attached hydrogen (secondary N) is 1. The zero-order valence-electron chi connectivity index (χ0n) is 20.0. The van der Waals surface area contributed by atoms with E-state index in [2.05, 4.69) is 19.9 Å². The van der Waals surface area contributed by atoms with Gasteiger partial charge < -0.3 is 15.0 Å². The third-order valence-corrected chi connectivity index (χ3v) is 8.46. The quantitative estimate of drug-likeness (QED) is 0.448. The number of hydrogen-bond acceptors (Lipinski definition) is 7. The Labute approximate surface area is 215 Å². The summed E-state index contributed by atoms with van der Waals surface area (Å²) in [4.78, 5) is 27.4. The molecule has 0 saturated carbocycles. The fraction of sp³-hybridized carbons (Fsp3) is 0.458. The summed E-state index contributed by atoms with van der Waals surface area (Å²) in [6.07, 6.45) is -1.54. The SMILES string of the molecule is C[C@@H]1CN(c2nc(=O)[nH]c3c(SCC(CO)c4ccncc4)c(Cl)c(C(F)(F)F)cc23)C[C@H](C)N1C. The topological polar surface area (TPSA) is 85.3 Å². The summed E-state index contributed by atoms with van der Waals surface area (Å²) in [5.74, 6) is 0.0715. The molecular formula is C24H27ClF3N5O2S.